The summed E-state index contributed by atoms with van der Waals surface area (Å²) in [6.07, 6.45) is 1.41. The number of rotatable bonds is 0. The molecular formula is C11H7N5O. The van der Waals surface area contributed by atoms with E-state index in [9.17, 15) is 4.79 Å². The molecule has 1 N–H and O–H groups in total. The maximum absolute atomic E-state index is 11.8. The number of hydrogen-bond acceptors (Lipinski definition) is 4. The Balaban J connectivity index is 2.64. The van der Waals surface area contributed by atoms with Crippen molar-refractivity contribution in [2.24, 2.45) is 0 Å². The summed E-state index contributed by atoms with van der Waals surface area (Å²) < 4.78 is 1.47. The van der Waals surface area contributed by atoms with Crippen LogP contribution in [0, 0.1) is 18.3 Å². The fourth-order valence-corrected chi connectivity index (χ4v) is 1.77. The maximum atomic E-state index is 11.8. The predicted octanol–water partition coefficient (Wildman–Crippen LogP) is 0.751. The molecule has 0 spiro atoms. The van der Waals surface area contributed by atoms with E-state index in [-0.39, 0.29) is 5.56 Å². The van der Waals surface area contributed by atoms with Crippen molar-refractivity contribution in [3.8, 4) is 6.07 Å². The van der Waals surface area contributed by atoms with E-state index >= 15 is 0 Å². The van der Waals surface area contributed by atoms with Gasteiger partial charge in [0.25, 0.3) is 5.56 Å². The van der Waals surface area contributed by atoms with Crippen LogP contribution in [-0.4, -0.2) is 19.6 Å². The van der Waals surface area contributed by atoms with Crippen LogP contribution in [0.4, 0.5) is 0 Å². The van der Waals surface area contributed by atoms with Crippen LogP contribution in [0.1, 0.15) is 11.3 Å². The van der Waals surface area contributed by atoms with Crippen LogP contribution < -0.4 is 5.56 Å². The Labute approximate surface area is 95.1 Å². The zero-order valence-corrected chi connectivity index (χ0v) is 8.93. The molecule has 3 aromatic rings. The van der Waals surface area contributed by atoms with E-state index in [1.54, 1.807) is 12.1 Å². The smallest absolute Gasteiger partial charge is 0.260 e. The zero-order valence-electron chi connectivity index (χ0n) is 8.93. The average Bonchev–Trinajstić information content (AvgIpc) is 2.72. The molecule has 6 nitrogen and oxygen atoms in total. The number of nitrogens with one attached hydrogen (secondary N) is 1. The number of pyridine rings is 1. The van der Waals surface area contributed by atoms with Crippen LogP contribution in [0.2, 0.25) is 0 Å². The molecule has 3 heterocycles. The molecule has 0 unspecified atom stereocenters. The predicted molar refractivity (Wildman–Crippen MR) is 60.6 cm³/mol. The largest absolute Gasteiger partial charge is 0.305 e. The number of aromatic amines is 1. The van der Waals surface area contributed by atoms with Crippen molar-refractivity contribution in [1.82, 2.24) is 19.6 Å². The molecule has 0 saturated carbocycles. The molecular weight excluding hydrogens is 218 g/mol. The fourth-order valence-electron chi connectivity index (χ4n) is 1.77. The van der Waals surface area contributed by atoms with Gasteiger partial charge in [-0.2, -0.15) is 14.9 Å². The molecule has 82 valence electrons. The lowest BCUT2D eigenvalue weighted by atomic mass is 10.3. The SMILES string of the molecule is Cc1ccc2c(=O)[nH]c3c(C#N)cnn3c2n1. The Bertz CT molecular complexity index is 837. The molecule has 0 amide bonds. The third kappa shape index (κ3) is 1.23. The van der Waals surface area contributed by atoms with E-state index in [1.165, 1.54) is 10.7 Å². The van der Waals surface area contributed by atoms with Crippen molar-refractivity contribution in [2.45, 2.75) is 6.92 Å². The second kappa shape index (κ2) is 3.15. The van der Waals surface area contributed by atoms with E-state index in [1.807, 2.05) is 13.0 Å². The first-order chi connectivity index (χ1) is 8.20. The van der Waals surface area contributed by atoms with Gasteiger partial charge in [0.2, 0.25) is 0 Å². The first kappa shape index (κ1) is 9.54. The van der Waals surface area contributed by atoms with Gasteiger partial charge in [-0.15, -0.1) is 0 Å². The Hall–Kier alpha value is -2.68. The summed E-state index contributed by atoms with van der Waals surface area (Å²) in [4.78, 5) is 18.7. The number of fused-ring (bicyclic) bond motifs is 3. The van der Waals surface area contributed by atoms with Crippen LogP contribution in [0.5, 0.6) is 0 Å². The van der Waals surface area contributed by atoms with E-state index in [0.29, 0.717) is 22.2 Å². The number of hydrogen-bond donors (Lipinski definition) is 1. The van der Waals surface area contributed by atoms with Crippen molar-refractivity contribution >= 4 is 16.7 Å². The van der Waals surface area contributed by atoms with E-state index in [0.717, 1.165) is 5.69 Å². The topological polar surface area (TPSA) is 86.8 Å². The fraction of sp³-hybridized carbons (Fsp3) is 0.0909. The van der Waals surface area contributed by atoms with Crippen LogP contribution in [0.3, 0.4) is 0 Å². The Morgan fingerprint density at radius 3 is 3.06 bits per heavy atom. The number of H-pyrrole nitrogens is 1. The summed E-state index contributed by atoms with van der Waals surface area (Å²) in [7, 11) is 0. The van der Waals surface area contributed by atoms with Crippen LogP contribution in [0.25, 0.3) is 16.7 Å². The summed E-state index contributed by atoms with van der Waals surface area (Å²) in [6.45, 7) is 1.83. The van der Waals surface area contributed by atoms with Crippen LogP contribution in [0.15, 0.2) is 23.1 Å². The second-order valence-electron chi connectivity index (χ2n) is 3.71. The normalized spacial score (nSPS) is 10.8. The first-order valence-corrected chi connectivity index (χ1v) is 4.98. The lowest BCUT2D eigenvalue weighted by Crippen LogP contribution is -2.11. The second-order valence-corrected chi connectivity index (χ2v) is 3.71. The molecule has 0 radical (unpaired) electrons. The third-order valence-corrected chi connectivity index (χ3v) is 2.58. The van der Waals surface area contributed by atoms with Crippen molar-refractivity contribution < 1.29 is 0 Å². The van der Waals surface area contributed by atoms with Gasteiger partial charge in [0.1, 0.15) is 11.6 Å². The summed E-state index contributed by atoms with van der Waals surface area (Å²) in [5.41, 5.74) is 1.69. The lowest BCUT2D eigenvalue weighted by Gasteiger charge is -2.01. The van der Waals surface area contributed by atoms with Gasteiger partial charge in [-0.3, -0.25) is 4.79 Å². The highest BCUT2D eigenvalue weighted by atomic mass is 16.1. The molecule has 6 heteroatoms. The highest BCUT2D eigenvalue weighted by molar-refractivity contribution is 5.77. The summed E-state index contributed by atoms with van der Waals surface area (Å²) in [5, 5.41) is 13.4. The van der Waals surface area contributed by atoms with Gasteiger partial charge in [0.15, 0.2) is 11.3 Å². The molecule has 0 aliphatic carbocycles. The molecule has 0 aromatic carbocycles. The number of aryl methyl sites for hydroxylation is 1. The van der Waals surface area contributed by atoms with Gasteiger partial charge in [-0.25, -0.2) is 4.98 Å². The minimum Gasteiger partial charge on any atom is -0.305 e. The minimum atomic E-state index is -0.267. The summed E-state index contributed by atoms with van der Waals surface area (Å²) in [5.74, 6) is 0. The highest BCUT2D eigenvalue weighted by Crippen LogP contribution is 2.12. The van der Waals surface area contributed by atoms with Crippen LogP contribution >= 0.6 is 0 Å². The Kier molecular flexibility index (Phi) is 1.77. The highest BCUT2D eigenvalue weighted by Gasteiger charge is 2.10. The van der Waals surface area contributed by atoms with Gasteiger partial charge >= 0.3 is 0 Å². The van der Waals surface area contributed by atoms with E-state index in [2.05, 4.69) is 15.1 Å². The number of aromatic nitrogens is 4. The van der Waals surface area contributed by atoms with Gasteiger partial charge in [0.05, 0.1) is 11.6 Å². The minimum absolute atomic E-state index is 0.267. The molecule has 0 atom stereocenters. The zero-order chi connectivity index (χ0) is 12.0. The van der Waals surface area contributed by atoms with E-state index < -0.39 is 0 Å². The standard InChI is InChI=1S/C11H7N5O/c1-6-2-3-8-10(14-6)16-9(15-11(8)17)7(4-12)5-13-16/h2-3,5H,1H3,(H,15,17). The maximum Gasteiger partial charge on any atom is 0.260 e. The van der Waals surface area contributed by atoms with Crippen LogP contribution in [-0.2, 0) is 0 Å². The molecule has 0 aliphatic rings. The molecule has 0 bridgehead atoms. The summed E-state index contributed by atoms with van der Waals surface area (Å²) in [6, 6.07) is 5.44. The molecule has 0 saturated heterocycles. The Morgan fingerprint density at radius 1 is 1.47 bits per heavy atom. The van der Waals surface area contributed by atoms with Crippen molar-refractivity contribution in [3.05, 3.63) is 39.9 Å². The van der Waals surface area contributed by atoms with Gasteiger partial charge in [-0.1, -0.05) is 0 Å². The summed E-state index contributed by atoms with van der Waals surface area (Å²) >= 11 is 0. The van der Waals surface area contributed by atoms with Gasteiger partial charge < -0.3 is 4.98 Å². The average molecular weight is 225 g/mol. The van der Waals surface area contributed by atoms with Gasteiger partial charge in [0, 0.05) is 5.69 Å². The molecule has 3 aromatic heterocycles. The lowest BCUT2D eigenvalue weighted by molar-refractivity contribution is 0.951. The van der Waals surface area contributed by atoms with E-state index in [4.69, 9.17) is 5.26 Å². The van der Waals surface area contributed by atoms with Crippen molar-refractivity contribution in [2.75, 3.05) is 0 Å². The third-order valence-electron chi connectivity index (χ3n) is 2.58. The molecule has 3 rings (SSSR count). The Morgan fingerprint density at radius 2 is 2.29 bits per heavy atom. The molecule has 0 fully saturated rings. The monoisotopic (exact) mass is 225 g/mol. The molecule has 17 heavy (non-hydrogen) atoms. The van der Waals surface area contributed by atoms with Crippen molar-refractivity contribution in [1.29, 1.82) is 5.26 Å². The van der Waals surface area contributed by atoms with Crippen molar-refractivity contribution in [3.63, 3.8) is 0 Å². The first-order valence-electron chi connectivity index (χ1n) is 4.98. The number of nitrogens with zero attached hydrogens (tertiary/aromatic N) is 4. The quantitative estimate of drug-likeness (QED) is 0.611. The van der Waals surface area contributed by atoms with Gasteiger partial charge in [-0.05, 0) is 19.1 Å². The molecule has 0 aliphatic heterocycles. The number of nitriles is 1.